The number of rotatable bonds is 7. The van der Waals surface area contributed by atoms with Crippen molar-refractivity contribution >= 4 is 17.2 Å². The monoisotopic (exact) mass is 435 g/mol. The number of piperidine rings is 1. The van der Waals surface area contributed by atoms with Gasteiger partial charge >= 0.3 is 0 Å². The number of carbonyl (C=O) groups is 2. The Labute approximate surface area is 187 Å². The van der Waals surface area contributed by atoms with Crippen LogP contribution in [-0.4, -0.2) is 46.2 Å². The molecule has 0 radical (unpaired) electrons. The number of hydrogen-bond donors (Lipinski definition) is 1. The van der Waals surface area contributed by atoms with E-state index in [0.29, 0.717) is 56.3 Å². The normalized spacial score (nSPS) is 14.6. The molecule has 1 saturated heterocycles. The van der Waals surface area contributed by atoms with Gasteiger partial charge in [-0.05, 0) is 68.5 Å². The lowest BCUT2D eigenvalue weighted by Crippen LogP contribution is -2.40. The minimum absolute atomic E-state index is 0.0470. The van der Waals surface area contributed by atoms with Crippen molar-refractivity contribution in [1.29, 1.82) is 0 Å². The summed E-state index contributed by atoms with van der Waals surface area (Å²) in [4.78, 5) is 42.4. The Bertz CT molecular complexity index is 1170. The molecule has 2 aromatic heterocycles. The standard InChI is InChI=1S/C25H29N3O4/c1-17-14-22-25(31)26-20(16-28(22)15-17)4-3-5-23(29)27-12-10-19(11-13-27)24(30)18-6-8-21(32-2)9-7-18/h6-9,14-16,19H,3-5,10-13H2,1-2H3,(H,26,31). The first-order valence-corrected chi connectivity index (χ1v) is 11.1. The maximum atomic E-state index is 12.8. The van der Waals surface area contributed by atoms with E-state index in [2.05, 4.69) is 4.98 Å². The molecule has 0 bridgehead atoms. The maximum Gasteiger partial charge on any atom is 0.272 e. The summed E-state index contributed by atoms with van der Waals surface area (Å²) in [5, 5.41) is 0. The van der Waals surface area contributed by atoms with Crippen LogP contribution in [0.1, 0.15) is 47.3 Å². The number of amides is 1. The molecule has 1 fully saturated rings. The summed E-state index contributed by atoms with van der Waals surface area (Å²) in [6, 6.07) is 9.06. The number of Topliss-reactive ketones (excluding diaryl/α,β-unsaturated/α-hetero) is 1. The van der Waals surface area contributed by atoms with Gasteiger partial charge in [-0.2, -0.15) is 0 Å². The summed E-state index contributed by atoms with van der Waals surface area (Å²) in [5.74, 6) is 0.934. The van der Waals surface area contributed by atoms with Crippen molar-refractivity contribution in [3.05, 3.63) is 69.9 Å². The number of aryl methyl sites for hydroxylation is 2. The van der Waals surface area contributed by atoms with Gasteiger partial charge in [0, 0.05) is 49.1 Å². The molecular formula is C25H29N3O4. The molecule has 3 heterocycles. The molecule has 0 unspecified atom stereocenters. The number of benzene rings is 1. The topological polar surface area (TPSA) is 83.9 Å². The van der Waals surface area contributed by atoms with Gasteiger partial charge in [0.2, 0.25) is 5.91 Å². The van der Waals surface area contributed by atoms with E-state index in [9.17, 15) is 14.4 Å². The van der Waals surface area contributed by atoms with E-state index in [1.165, 1.54) is 0 Å². The molecule has 1 aliphatic rings. The average molecular weight is 436 g/mol. The Morgan fingerprint density at radius 2 is 1.84 bits per heavy atom. The lowest BCUT2D eigenvalue weighted by Gasteiger charge is -2.31. The van der Waals surface area contributed by atoms with Gasteiger partial charge < -0.3 is 19.0 Å². The van der Waals surface area contributed by atoms with Crippen LogP contribution in [0.4, 0.5) is 0 Å². The predicted molar refractivity (Wildman–Crippen MR) is 122 cm³/mol. The van der Waals surface area contributed by atoms with Crippen molar-refractivity contribution in [3.8, 4) is 5.75 Å². The minimum Gasteiger partial charge on any atom is -0.497 e. The molecule has 1 amide bonds. The molecule has 0 saturated carbocycles. The molecule has 32 heavy (non-hydrogen) atoms. The van der Waals surface area contributed by atoms with Gasteiger partial charge in [0.05, 0.1) is 7.11 Å². The van der Waals surface area contributed by atoms with Gasteiger partial charge in [0.25, 0.3) is 5.56 Å². The number of likely N-dealkylation sites (tertiary alicyclic amines) is 1. The first-order valence-electron chi connectivity index (χ1n) is 11.1. The van der Waals surface area contributed by atoms with Crippen LogP contribution in [0.3, 0.4) is 0 Å². The van der Waals surface area contributed by atoms with Crippen molar-refractivity contribution in [3.63, 3.8) is 0 Å². The Morgan fingerprint density at radius 1 is 1.12 bits per heavy atom. The van der Waals surface area contributed by atoms with E-state index in [-0.39, 0.29) is 23.2 Å². The molecule has 0 spiro atoms. The van der Waals surface area contributed by atoms with Gasteiger partial charge in [-0.3, -0.25) is 14.4 Å². The van der Waals surface area contributed by atoms with E-state index in [1.54, 1.807) is 31.4 Å². The Kier molecular flexibility index (Phi) is 6.44. The van der Waals surface area contributed by atoms with Gasteiger partial charge in [-0.25, -0.2) is 0 Å². The molecule has 0 atom stereocenters. The third-order valence-corrected chi connectivity index (χ3v) is 6.22. The summed E-state index contributed by atoms with van der Waals surface area (Å²) < 4.78 is 6.99. The maximum absolute atomic E-state index is 12.8. The minimum atomic E-state index is -0.106. The fraction of sp³-hybridized carbons (Fsp3) is 0.400. The van der Waals surface area contributed by atoms with Crippen LogP contribution >= 0.6 is 0 Å². The number of fused-ring (bicyclic) bond motifs is 1. The Hall–Kier alpha value is -3.35. The number of hydrogen-bond acceptors (Lipinski definition) is 4. The summed E-state index contributed by atoms with van der Waals surface area (Å²) in [6.07, 6.45) is 6.97. The quantitative estimate of drug-likeness (QED) is 0.577. The smallest absolute Gasteiger partial charge is 0.272 e. The number of aromatic nitrogens is 2. The van der Waals surface area contributed by atoms with Crippen LogP contribution < -0.4 is 10.3 Å². The number of methoxy groups -OCH3 is 1. The zero-order valence-corrected chi connectivity index (χ0v) is 18.6. The van der Waals surface area contributed by atoms with E-state index < -0.39 is 0 Å². The molecule has 1 aromatic carbocycles. The molecule has 0 aliphatic carbocycles. The van der Waals surface area contributed by atoms with Crippen molar-refractivity contribution < 1.29 is 14.3 Å². The van der Waals surface area contributed by atoms with E-state index in [4.69, 9.17) is 4.74 Å². The summed E-state index contributed by atoms with van der Waals surface area (Å²) in [7, 11) is 1.60. The zero-order valence-electron chi connectivity index (χ0n) is 18.6. The molecule has 168 valence electrons. The third-order valence-electron chi connectivity index (χ3n) is 6.22. The van der Waals surface area contributed by atoms with E-state index >= 15 is 0 Å². The van der Waals surface area contributed by atoms with Crippen molar-refractivity contribution in [2.45, 2.75) is 39.0 Å². The summed E-state index contributed by atoms with van der Waals surface area (Å²) in [5.41, 5.74) is 3.09. The molecule has 1 aliphatic heterocycles. The highest BCUT2D eigenvalue weighted by atomic mass is 16.5. The molecule has 1 N–H and O–H groups in total. The van der Waals surface area contributed by atoms with Crippen molar-refractivity contribution in [2.75, 3.05) is 20.2 Å². The molecular weight excluding hydrogens is 406 g/mol. The van der Waals surface area contributed by atoms with Crippen LogP contribution in [0.2, 0.25) is 0 Å². The predicted octanol–water partition coefficient (Wildman–Crippen LogP) is 3.39. The molecule has 7 nitrogen and oxygen atoms in total. The number of carbonyl (C=O) groups excluding carboxylic acids is 2. The first-order chi connectivity index (χ1) is 15.4. The van der Waals surface area contributed by atoms with E-state index in [0.717, 1.165) is 17.0 Å². The van der Waals surface area contributed by atoms with Crippen LogP contribution in [-0.2, 0) is 11.2 Å². The van der Waals surface area contributed by atoms with Gasteiger partial charge in [-0.15, -0.1) is 0 Å². The molecule has 7 heteroatoms. The lowest BCUT2D eigenvalue weighted by atomic mass is 9.88. The molecule has 4 rings (SSSR count). The highest BCUT2D eigenvalue weighted by molar-refractivity contribution is 5.98. The number of nitrogens with one attached hydrogen (secondary N) is 1. The Morgan fingerprint density at radius 3 is 2.53 bits per heavy atom. The second-order valence-corrected chi connectivity index (χ2v) is 8.52. The van der Waals surface area contributed by atoms with Crippen molar-refractivity contribution in [1.82, 2.24) is 14.3 Å². The number of nitrogens with zero attached hydrogens (tertiary/aromatic N) is 2. The number of ether oxygens (including phenoxy) is 1. The first kappa shape index (κ1) is 21.9. The van der Waals surface area contributed by atoms with Crippen LogP contribution in [0.5, 0.6) is 5.75 Å². The second kappa shape index (κ2) is 9.42. The summed E-state index contributed by atoms with van der Waals surface area (Å²) in [6.45, 7) is 3.17. The zero-order chi connectivity index (χ0) is 22.7. The van der Waals surface area contributed by atoms with Crippen LogP contribution in [0.15, 0.2) is 47.5 Å². The summed E-state index contributed by atoms with van der Waals surface area (Å²) >= 11 is 0. The van der Waals surface area contributed by atoms with Crippen LogP contribution in [0, 0.1) is 12.8 Å². The van der Waals surface area contributed by atoms with Gasteiger partial charge in [-0.1, -0.05) is 0 Å². The average Bonchev–Trinajstić information content (AvgIpc) is 3.19. The highest BCUT2D eigenvalue weighted by Gasteiger charge is 2.27. The second-order valence-electron chi connectivity index (χ2n) is 8.52. The van der Waals surface area contributed by atoms with Gasteiger partial charge in [0.15, 0.2) is 5.78 Å². The fourth-order valence-corrected chi connectivity index (χ4v) is 4.41. The third kappa shape index (κ3) is 4.77. The Balaban J connectivity index is 1.25. The van der Waals surface area contributed by atoms with E-state index in [1.807, 2.05) is 34.7 Å². The van der Waals surface area contributed by atoms with Crippen LogP contribution in [0.25, 0.3) is 5.52 Å². The largest absolute Gasteiger partial charge is 0.497 e. The van der Waals surface area contributed by atoms with Gasteiger partial charge in [0.1, 0.15) is 11.3 Å². The fourth-order valence-electron chi connectivity index (χ4n) is 4.41. The van der Waals surface area contributed by atoms with Crippen molar-refractivity contribution in [2.24, 2.45) is 5.92 Å². The number of H-pyrrole nitrogens is 1. The SMILES string of the molecule is COc1ccc(C(=O)C2CCN(C(=O)CCCc3cn4cc(C)cc4c(=O)[nH]3)CC2)cc1. The lowest BCUT2D eigenvalue weighted by molar-refractivity contribution is -0.132. The highest BCUT2D eigenvalue weighted by Crippen LogP contribution is 2.23. The molecule has 3 aromatic rings. The number of aromatic amines is 1. The number of ketones is 1.